The number of nitrogens with zero attached hydrogens (tertiary/aromatic N) is 1. The van der Waals surface area contributed by atoms with Crippen LogP contribution in [0.25, 0.3) is 0 Å². The second-order valence-electron chi connectivity index (χ2n) is 4.75. The average Bonchev–Trinajstić information content (AvgIpc) is 2.88. The highest BCUT2D eigenvalue weighted by atomic mass is 32.2. The van der Waals surface area contributed by atoms with Crippen molar-refractivity contribution in [3.05, 3.63) is 30.1 Å². The van der Waals surface area contributed by atoms with Gasteiger partial charge in [0.15, 0.2) is 0 Å². The third-order valence-corrected chi connectivity index (χ3v) is 4.74. The van der Waals surface area contributed by atoms with Crippen molar-refractivity contribution in [3.8, 4) is 0 Å². The van der Waals surface area contributed by atoms with Crippen molar-refractivity contribution in [1.29, 1.82) is 0 Å². The molecule has 1 fully saturated rings. The molecule has 2 rings (SSSR count). The van der Waals surface area contributed by atoms with Gasteiger partial charge in [0.2, 0.25) is 10.0 Å². The first-order chi connectivity index (χ1) is 9.08. The van der Waals surface area contributed by atoms with Gasteiger partial charge >= 0.3 is 0 Å². The summed E-state index contributed by atoms with van der Waals surface area (Å²) in [5.74, 6) is -0.437. The average molecular weight is 286 g/mol. The van der Waals surface area contributed by atoms with Crippen LogP contribution in [0.1, 0.15) is 19.3 Å². The third kappa shape index (κ3) is 4.26. The molecule has 19 heavy (non-hydrogen) atoms. The van der Waals surface area contributed by atoms with Gasteiger partial charge in [0.25, 0.3) is 0 Å². The van der Waals surface area contributed by atoms with E-state index in [1.165, 1.54) is 25.0 Å². The first kappa shape index (κ1) is 14.4. The summed E-state index contributed by atoms with van der Waals surface area (Å²) in [5, 5.41) is 0. The smallest absolute Gasteiger partial charge is 0.240 e. The van der Waals surface area contributed by atoms with Crippen LogP contribution in [0.2, 0.25) is 0 Å². The topological polar surface area (TPSA) is 49.4 Å². The molecule has 1 N–H and O–H groups in total. The monoisotopic (exact) mass is 286 g/mol. The number of nitrogens with one attached hydrogen (secondary N) is 1. The number of hydrogen-bond donors (Lipinski definition) is 1. The first-order valence-electron chi connectivity index (χ1n) is 6.55. The molecule has 1 saturated heterocycles. The van der Waals surface area contributed by atoms with Crippen molar-refractivity contribution < 1.29 is 12.8 Å². The SMILES string of the molecule is O=S(=O)(NCCCN1CCCC1)c1ccc(F)cc1. The Morgan fingerprint density at radius 2 is 1.79 bits per heavy atom. The predicted molar refractivity (Wildman–Crippen MR) is 71.9 cm³/mol. The quantitative estimate of drug-likeness (QED) is 0.808. The Hall–Kier alpha value is -0.980. The summed E-state index contributed by atoms with van der Waals surface area (Å²) in [5.41, 5.74) is 0. The van der Waals surface area contributed by atoms with Crippen molar-refractivity contribution in [2.75, 3.05) is 26.2 Å². The van der Waals surface area contributed by atoms with E-state index in [9.17, 15) is 12.8 Å². The standard InChI is InChI=1S/C13H19FN2O2S/c14-12-4-6-13(7-5-12)19(17,18)15-8-3-11-16-9-1-2-10-16/h4-7,15H,1-3,8-11H2. The van der Waals surface area contributed by atoms with E-state index in [4.69, 9.17) is 0 Å². The Balaban J connectivity index is 1.79. The molecule has 0 aromatic heterocycles. The molecule has 0 amide bonds. The lowest BCUT2D eigenvalue weighted by Gasteiger charge is -2.14. The predicted octanol–water partition coefficient (Wildman–Crippen LogP) is 1.59. The molecule has 0 bridgehead atoms. The molecule has 1 aliphatic rings. The summed E-state index contributed by atoms with van der Waals surface area (Å²) in [6, 6.07) is 4.86. The summed E-state index contributed by atoms with van der Waals surface area (Å²) in [6.07, 6.45) is 3.27. The van der Waals surface area contributed by atoms with E-state index in [1.807, 2.05) is 0 Å². The highest BCUT2D eigenvalue weighted by molar-refractivity contribution is 7.89. The summed E-state index contributed by atoms with van der Waals surface area (Å²) in [6.45, 7) is 3.57. The fourth-order valence-electron chi connectivity index (χ4n) is 2.21. The Bertz CT molecular complexity index is 496. The maximum absolute atomic E-state index is 12.7. The van der Waals surface area contributed by atoms with Crippen LogP contribution in [0.3, 0.4) is 0 Å². The van der Waals surface area contributed by atoms with Gasteiger partial charge in [-0.05, 0) is 63.2 Å². The minimum atomic E-state index is -3.51. The number of rotatable bonds is 6. The van der Waals surface area contributed by atoms with Crippen LogP contribution in [-0.4, -0.2) is 39.5 Å². The Morgan fingerprint density at radius 1 is 1.16 bits per heavy atom. The zero-order chi connectivity index (χ0) is 13.7. The number of halogens is 1. The second-order valence-corrected chi connectivity index (χ2v) is 6.52. The van der Waals surface area contributed by atoms with Crippen LogP contribution >= 0.6 is 0 Å². The normalized spacial score (nSPS) is 16.9. The number of likely N-dealkylation sites (tertiary alicyclic amines) is 1. The molecule has 0 spiro atoms. The molecule has 1 aliphatic heterocycles. The second kappa shape index (κ2) is 6.45. The highest BCUT2D eigenvalue weighted by Crippen LogP contribution is 2.10. The van der Waals surface area contributed by atoms with Gasteiger partial charge in [-0.15, -0.1) is 0 Å². The molecule has 6 heteroatoms. The van der Waals surface area contributed by atoms with Crippen molar-refractivity contribution in [3.63, 3.8) is 0 Å². The highest BCUT2D eigenvalue weighted by Gasteiger charge is 2.14. The molecule has 106 valence electrons. The van der Waals surface area contributed by atoms with Crippen LogP contribution in [-0.2, 0) is 10.0 Å². The lowest BCUT2D eigenvalue weighted by atomic mass is 10.4. The van der Waals surface area contributed by atoms with Crippen molar-refractivity contribution in [2.45, 2.75) is 24.2 Å². The third-order valence-electron chi connectivity index (χ3n) is 3.27. The molecular formula is C13H19FN2O2S. The van der Waals surface area contributed by atoms with E-state index in [-0.39, 0.29) is 4.90 Å². The van der Waals surface area contributed by atoms with E-state index < -0.39 is 15.8 Å². The van der Waals surface area contributed by atoms with Crippen LogP contribution in [0.4, 0.5) is 4.39 Å². The fraction of sp³-hybridized carbons (Fsp3) is 0.538. The van der Waals surface area contributed by atoms with E-state index in [1.54, 1.807) is 0 Å². The Kier molecular flexibility index (Phi) is 4.90. The lowest BCUT2D eigenvalue weighted by Crippen LogP contribution is -2.28. The maximum atomic E-state index is 12.7. The molecule has 0 unspecified atom stereocenters. The van der Waals surface area contributed by atoms with Gasteiger partial charge in [0.05, 0.1) is 4.90 Å². The van der Waals surface area contributed by atoms with E-state index in [0.717, 1.165) is 38.2 Å². The number of benzene rings is 1. The fourth-order valence-corrected chi connectivity index (χ4v) is 3.29. The van der Waals surface area contributed by atoms with Crippen molar-refractivity contribution in [2.24, 2.45) is 0 Å². The molecular weight excluding hydrogens is 267 g/mol. The van der Waals surface area contributed by atoms with Gasteiger partial charge in [-0.1, -0.05) is 0 Å². The van der Waals surface area contributed by atoms with Gasteiger partial charge in [-0.3, -0.25) is 0 Å². The molecule has 1 aromatic rings. The largest absolute Gasteiger partial charge is 0.303 e. The van der Waals surface area contributed by atoms with Gasteiger partial charge < -0.3 is 4.90 Å². The number of hydrogen-bond acceptors (Lipinski definition) is 3. The lowest BCUT2D eigenvalue weighted by molar-refractivity contribution is 0.334. The van der Waals surface area contributed by atoms with Gasteiger partial charge in [0, 0.05) is 6.54 Å². The minimum Gasteiger partial charge on any atom is -0.303 e. The van der Waals surface area contributed by atoms with E-state index in [0.29, 0.717) is 6.54 Å². The molecule has 0 saturated carbocycles. The first-order valence-corrected chi connectivity index (χ1v) is 8.04. The van der Waals surface area contributed by atoms with Crippen LogP contribution in [0, 0.1) is 5.82 Å². The Labute approximate surface area is 113 Å². The molecule has 0 atom stereocenters. The van der Waals surface area contributed by atoms with Crippen LogP contribution < -0.4 is 4.72 Å². The molecule has 0 aliphatic carbocycles. The molecule has 4 nitrogen and oxygen atoms in total. The number of sulfonamides is 1. The molecule has 0 radical (unpaired) electrons. The maximum Gasteiger partial charge on any atom is 0.240 e. The van der Waals surface area contributed by atoms with Crippen LogP contribution in [0.15, 0.2) is 29.2 Å². The summed E-state index contributed by atoms with van der Waals surface area (Å²) in [7, 11) is -3.51. The molecule has 1 aromatic carbocycles. The summed E-state index contributed by atoms with van der Waals surface area (Å²) in [4.78, 5) is 2.45. The van der Waals surface area contributed by atoms with E-state index >= 15 is 0 Å². The van der Waals surface area contributed by atoms with Crippen molar-refractivity contribution in [1.82, 2.24) is 9.62 Å². The van der Waals surface area contributed by atoms with Gasteiger partial charge in [0.1, 0.15) is 5.82 Å². The Morgan fingerprint density at radius 3 is 2.42 bits per heavy atom. The van der Waals surface area contributed by atoms with E-state index in [2.05, 4.69) is 9.62 Å². The van der Waals surface area contributed by atoms with Crippen molar-refractivity contribution >= 4 is 10.0 Å². The zero-order valence-electron chi connectivity index (χ0n) is 10.8. The summed E-state index contributed by atoms with van der Waals surface area (Å²) < 4.78 is 39.1. The van der Waals surface area contributed by atoms with Gasteiger partial charge in [-0.25, -0.2) is 17.5 Å². The zero-order valence-corrected chi connectivity index (χ0v) is 11.6. The van der Waals surface area contributed by atoms with Crippen LogP contribution in [0.5, 0.6) is 0 Å². The minimum absolute atomic E-state index is 0.107. The summed E-state index contributed by atoms with van der Waals surface area (Å²) >= 11 is 0. The molecule has 1 heterocycles. The van der Waals surface area contributed by atoms with Gasteiger partial charge in [-0.2, -0.15) is 0 Å².